The lowest BCUT2D eigenvalue weighted by Gasteiger charge is -2.55. The SMILES string of the molecule is CC(C)[C@@H]1CC[C@@]2(C)CC[C@H](O)[C@H](C=O)[C@@H]2[C@@H]1OC(=O)/C=C/c1ccccc1. The fourth-order valence-electron chi connectivity index (χ4n) is 5.33. The lowest BCUT2D eigenvalue weighted by molar-refractivity contribution is -0.181. The Balaban J connectivity index is 1.85. The van der Waals surface area contributed by atoms with E-state index in [1.54, 1.807) is 6.08 Å². The number of hydrogen-bond donors (Lipinski definition) is 1. The van der Waals surface area contributed by atoms with Crippen molar-refractivity contribution in [2.24, 2.45) is 29.1 Å². The molecule has 1 aromatic rings. The predicted molar refractivity (Wildman–Crippen MR) is 109 cm³/mol. The highest BCUT2D eigenvalue weighted by molar-refractivity contribution is 5.87. The average Bonchev–Trinajstić information content (AvgIpc) is 2.68. The minimum atomic E-state index is -0.650. The predicted octanol–water partition coefficient (Wildman–Crippen LogP) is 4.27. The number of carbonyl (C=O) groups excluding carboxylic acids is 2. The van der Waals surface area contributed by atoms with Crippen molar-refractivity contribution < 1.29 is 19.4 Å². The molecule has 2 saturated carbocycles. The normalized spacial score (nSPS) is 35.5. The molecule has 3 rings (SSSR count). The fourth-order valence-corrected chi connectivity index (χ4v) is 5.33. The Labute approximate surface area is 168 Å². The molecule has 0 unspecified atom stereocenters. The molecule has 0 aromatic heterocycles. The molecule has 6 atom stereocenters. The number of aldehydes is 1. The van der Waals surface area contributed by atoms with E-state index in [0.29, 0.717) is 12.3 Å². The van der Waals surface area contributed by atoms with Gasteiger partial charge in [0.2, 0.25) is 0 Å². The maximum absolute atomic E-state index is 12.6. The molecule has 152 valence electrons. The van der Waals surface area contributed by atoms with Gasteiger partial charge in [-0.15, -0.1) is 0 Å². The first-order valence-corrected chi connectivity index (χ1v) is 10.4. The summed E-state index contributed by atoms with van der Waals surface area (Å²) in [5.41, 5.74) is 0.858. The fraction of sp³-hybridized carbons (Fsp3) is 0.583. The lowest BCUT2D eigenvalue weighted by Crippen LogP contribution is -2.56. The number of hydrogen-bond acceptors (Lipinski definition) is 4. The molecule has 1 N–H and O–H groups in total. The maximum atomic E-state index is 12.6. The van der Waals surface area contributed by atoms with Gasteiger partial charge in [-0.25, -0.2) is 4.79 Å². The summed E-state index contributed by atoms with van der Waals surface area (Å²) in [7, 11) is 0. The molecule has 0 bridgehead atoms. The number of esters is 1. The number of ether oxygens (including phenoxy) is 1. The largest absolute Gasteiger partial charge is 0.459 e. The molecule has 2 aliphatic rings. The van der Waals surface area contributed by atoms with Gasteiger partial charge in [0.1, 0.15) is 12.4 Å². The first-order chi connectivity index (χ1) is 13.4. The van der Waals surface area contributed by atoms with Gasteiger partial charge in [0, 0.05) is 17.9 Å². The number of aliphatic hydroxyl groups is 1. The summed E-state index contributed by atoms with van der Waals surface area (Å²) in [6.45, 7) is 6.48. The first kappa shape index (κ1) is 20.8. The molecule has 4 nitrogen and oxygen atoms in total. The number of fused-ring (bicyclic) bond motifs is 1. The van der Waals surface area contributed by atoms with Gasteiger partial charge in [-0.05, 0) is 54.6 Å². The highest BCUT2D eigenvalue weighted by Crippen LogP contribution is 2.55. The van der Waals surface area contributed by atoms with Gasteiger partial charge in [0.05, 0.1) is 6.10 Å². The number of benzene rings is 1. The molecule has 4 heteroatoms. The van der Waals surface area contributed by atoms with E-state index >= 15 is 0 Å². The van der Waals surface area contributed by atoms with E-state index in [1.165, 1.54) is 6.08 Å². The zero-order valence-electron chi connectivity index (χ0n) is 17.1. The quantitative estimate of drug-likeness (QED) is 0.468. The molecule has 1 aromatic carbocycles. The van der Waals surface area contributed by atoms with Crippen molar-refractivity contribution in [3.8, 4) is 0 Å². The van der Waals surface area contributed by atoms with Crippen molar-refractivity contribution >= 4 is 18.3 Å². The van der Waals surface area contributed by atoms with Crippen molar-refractivity contribution in [3.05, 3.63) is 42.0 Å². The third kappa shape index (κ3) is 4.22. The van der Waals surface area contributed by atoms with E-state index in [0.717, 1.165) is 31.1 Å². The summed E-state index contributed by atoms with van der Waals surface area (Å²) in [5.74, 6) is -0.458. The summed E-state index contributed by atoms with van der Waals surface area (Å²) in [4.78, 5) is 24.5. The van der Waals surface area contributed by atoms with Gasteiger partial charge in [0.25, 0.3) is 0 Å². The Bertz CT molecular complexity index is 711. The van der Waals surface area contributed by atoms with E-state index in [9.17, 15) is 14.7 Å². The maximum Gasteiger partial charge on any atom is 0.331 e. The Morgan fingerprint density at radius 3 is 2.54 bits per heavy atom. The van der Waals surface area contributed by atoms with Crippen LogP contribution in [0.3, 0.4) is 0 Å². The van der Waals surface area contributed by atoms with Crippen LogP contribution in [0.5, 0.6) is 0 Å². The minimum absolute atomic E-state index is 0.0791. The van der Waals surface area contributed by atoms with Crippen molar-refractivity contribution in [2.45, 2.75) is 58.7 Å². The summed E-state index contributed by atoms with van der Waals surface area (Å²) in [6, 6.07) is 9.63. The molecule has 0 radical (unpaired) electrons. The van der Waals surface area contributed by atoms with Gasteiger partial charge in [0.15, 0.2) is 0 Å². The van der Waals surface area contributed by atoms with Crippen molar-refractivity contribution in [1.29, 1.82) is 0 Å². The van der Waals surface area contributed by atoms with Gasteiger partial charge in [-0.1, -0.05) is 51.1 Å². The number of carbonyl (C=O) groups is 2. The summed E-state index contributed by atoms with van der Waals surface area (Å²) in [6.07, 6.45) is 6.59. The van der Waals surface area contributed by atoms with Crippen LogP contribution in [-0.2, 0) is 14.3 Å². The third-order valence-electron chi connectivity index (χ3n) is 6.98. The van der Waals surface area contributed by atoms with Crippen LogP contribution in [0, 0.1) is 29.1 Å². The highest BCUT2D eigenvalue weighted by Gasteiger charge is 2.55. The van der Waals surface area contributed by atoms with E-state index in [4.69, 9.17) is 4.74 Å². The van der Waals surface area contributed by atoms with Crippen LogP contribution >= 0.6 is 0 Å². The second kappa shape index (κ2) is 8.60. The second-order valence-electron chi connectivity index (χ2n) is 9.09. The smallest absolute Gasteiger partial charge is 0.331 e. The molecule has 0 aliphatic heterocycles. The van der Waals surface area contributed by atoms with E-state index in [1.807, 2.05) is 30.3 Å². The lowest BCUT2D eigenvalue weighted by atomic mass is 9.52. The Morgan fingerprint density at radius 2 is 1.89 bits per heavy atom. The Hall–Kier alpha value is -1.94. The molecular formula is C24H32O4. The molecule has 2 aliphatic carbocycles. The molecule has 0 amide bonds. The molecule has 28 heavy (non-hydrogen) atoms. The van der Waals surface area contributed by atoms with Crippen molar-refractivity contribution in [2.75, 3.05) is 0 Å². The summed E-state index contributed by atoms with van der Waals surface area (Å²) in [5, 5.41) is 10.5. The van der Waals surface area contributed by atoms with Crippen LogP contribution in [-0.4, -0.2) is 29.6 Å². The zero-order valence-corrected chi connectivity index (χ0v) is 17.1. The van der Waals surface area contributed by atoms with Gasteiger partial charge < -0.3 is 14.6 Å². The molecule has 2 fully saturated rings. The first-order valence-electron chi connectivity index (χ1n) is 10.4. The van der Waals surface area contributed by atoms with Crippen molar-refractivity contribution in [1.82, 2.24) is 0 Å². The number of rotatable bonds is 5. The van der Waals surface area contributed by atoms with Crippen LogP contribution in [0.15, 0.2) is 36.4 Å². The van der Waals surface area contributed by atoms with Gasteiger partial charge >= 0.3 is 5.97 Å². The second-order valence-corrected chi connectivity index (χ2v) is 9.09. The third-order valence-corrected chi connectivity index (χ3v) is 6.98. The van der Waals surface area contributed by atoms with Crippen LogP contribution in [0.1, 0.15) is 52.0 Å². The highest BCUT2D eigenvalue weighted by atomic mass is 16.5. The van der Waals surface area contributed by atoms with Crippen LogP contribution < -0.4 is 0 Å². The van der Waals surface area contributed by atoms with Gasteiger partial charge in [-0.2, -0.15) is 0 Å². The van der Waals surface area contributed by atoms with E-state index in [2.05, 4.69) is 20.8 Å². The topological polar surface area (TPSA) is 63.6 Å². The minimum Gasteiger partial charge on any atom is -0.459 e. The van der Waals surface area contributed by atoms with Crippen molar-refractivity contribution in [3.63, 3.8) is 0 Å². The van der Waals surface area contributed by atoms with Gasteiger partial charge in [-0.3, -0.25) is 0 Å². The Morgan fingerprint density at radius 1 is 1.21 bits per heavy atom. The summed E-state index contributed by atoms with van der Waals surface area (Å²) >= 11 is 0. The Kier molecular flexibility index (Phi) is 6.39. The van der Waals surface area contributed by atoms with Crippen LogP contribution in [0.2, 0.25) is 0 Å². The van der Waals surface area contributed by atoms with E-state index < -0.39 is 12.0 Å². The monoisotopic (exact) mass is 384 g/mol. The molecular weight excluding hydrogens is 352 g/mol. The van der Waals surface area contributed by atoms with Crippen LogP contribution in [0.25, 0.3) is 6.08 Å². The summed E-state index contributed by atoms with van der Waals surface area (Å²) < 4.78 is 6.01. The average molecular weight is 385 g/mol. The standard InChI is InChI=1S/C24H32O4/c1-16(2)18-11-13-24(3)14-12-20(26)19(15-25)22(24)23(18)28-21(27)10-9-17-7-5-4-6-8-17/h4-10,15-16,18-20,22-23,26H,11-14H2,1-3H3/b10-9+/t18-,19-,20-,22+,23+,24-/m0/s1. The molecule has 0 saturated heterocycles. The van der Waals surface area contributed by atoms with Crippen LogP contribution in [0.4, 0.5) is 0 Å². The zero-order chi connectivity index (χ0) is 20.3. The molecule has 0 heterocycles. The van der Waals surface area contributed by atoms with E-state index in [-0.39, 0.29) is 29.3 Å². The molecule has 0 spiro atoms. The number of aliphatic hydroxyl groups excluding tert-OH is 1.